The third-order valence-corrected chi connectivity index (χ3v) is 1.99. The van der Waals surface area contributed by atoms with E-state index in [4.69, 9.17) is 4.84 Å². The molecule has 3 nitrogen and oxygen atoms in total. The molecule has 1 aliphatic heterocycles. The summed E-state index contributed by atoms with van der Waals surface area (Å²) in [5, 5.41) is 0. The van der Waals surface area contributed by atoms with Crippen LogP contribution in [0.5, 0.6) is 0 Å². The van der Waals surface area contributed by atoms with E-state index in [1.165, 1.54) is 0 Å². The molecule has 0 aliphatic carbocycles. The number of rotatable bonds is 1. The molecule has 0 saturated heterocycles. The average molecular weight is 227 g/mol. The molecule has 0 bridgehead atoms. The van der Waals surface area contributed by atoms with Crippen LogP contribution in [0.4, 0.5) is 0 Å². The molecule has 1 aromatic heterocycles. The summed E-state index contributed by atoms with van der Waals surface area (Å²) in [5.74, 6) is 0. The fourth-order valence-electron chi connectivity index (χ4n) is 1.01. The molecule has 1 aliphatic rings. The zero-order chi connectivity index (χ0) is 8.39. The van der Waals surface area contributed by atoms with Gasteiger partial charge in [0, 0.05) is 6.20 Å². The Balaban J connectivity index is 2.22. The van der Waals surface area contributed by atoms with Gasteiger partial charge in [-0.1, -0.05) is 6.07 Å². The van der Waals surface area contributed by atoms with Gasteiger partial charge >= 0.3 is 0 Å². The average Bonchev–Trinajstić information content (AvgIpc) is 2.54. The predicted molar refractivity (Wildman–Crippen MR) is 48.2 cm³/mol. The van der Waals surface area contributed by atoms with Crippen molar-refractivity contribution in [2.24, 2.45) is 0 Å². The van der Waals surface area contributed by atoms with Gasteiger partial charge in [-0.25, -0.2) is 0 Å². The molecule has 4 heteroatoms. The molecule has 0 saturated carbocycles. The highest BCUT2D eigenvalue weighted by Crippen LogP contribution is 2.23. The summed E-state index contributed by atoms with van der Waals surface area (Å²) in [4.78, 5) is 9.36. The zero-order valence-electron chi connectivity index (χ0n) is 6.20. The highest BCUT2D eigenvalue weighted by molar-refractivity contribution is 9.11. The van der Waals surface area contributed by atoms with Gasteiger partial charge in [0.2, 0.25) is 0 Å². The minimum atomic E-state index is -0.0828. The molecule has 1 atom stereocenters. The number of hydrogen-bond donors (Lipinski definition) is 1. The fraction of sp³-hybridized carbons (Fsp3) is 0.125. The maximum absolute atomic E-state index is 5.20. The molecular formula is C8H7BrN2O. The molecule has 1 aromatic rings. The van der Waals surface area contributed by atoms with Crippen LogP contribution >= 0.6 is 15.9 Å². The van der Waals surface area contributed by atoms with Crippen molar-refractivity contribution in [3.8, 4) is 0 Å². The molecule has 0 radical (unpaired) electrons. The smallest absolute Gasteiger partial charge is 0.148 e. The van der Waals surface area contributed by atoms with Crippen LogP contribution in [0.15, 0.2) is 35.1 Å². The molecule has 2 heterocycles. The Morgan fingerprint density at radius 1 is 1.50 bits per heavy atom. The lowest BCUT2D eigenvalue weighted by Gasteiger charge is -2.04. The summed E-state index contributed by atoms with van der Waals surface area (Å²) in [6.45, 7) is 0. The molecule has 1 N–H and O–H groups in total. The topological polar surface area (TPSA) is 34.1 Å². The maximum Gasteiger partial charge on any atom is 0.148 e. The standard InChI is InChI=1S/C8H7BrN2O/c9-8-5-7(12-11-8)6-3-1-2-4-10-6/h1-5,7,11H/t7-/m0/s1. The Morgan fingerprint density at radius 3 is 3.00 bits per heavy atom. The lowest BCUT2D eigenvalue weighted by molar-refractivity contribution is 0.0434. The van der Waals surface area contributed by atoms with E-state index in [0.29, 0.717) is 0 Å². The summed E-state index contributed by atoms with van der Waals surface area (Å²) in [5.41, 5.74) is 3.61. The Morgan fingerprint density at radius 2 is 2.42 bits per heavy atom. The first-order chi connectivity index (χ1) is 5.86. The number of halogens is 1. The van der Waals surface area contributed by atoms with Crippen molar-refractivity contribution < 1.29 is 4.84 Å². The molecule has 12 heavy (non-hydrogen) atoms. The van der Waals surface area contributed by atoms with Crippen LogP contribution in [0.2, 0.25) is 0 Å². The van der Waals surface area contributed by atoms with E-state index in [1.807, 2.05) is 24.3 Å². The van der Waals surface area contributed by atoms with Gasteiger partial charge in [-0.05, 0) is 34.1 Å². The van der Waals surface area contributed by atoms with Gasteiger partial charge in [-0.3, -0.25) is 15.3 Å². The number of aromatic nitrogens is 1. The van der Waals surface area contributed by atoms with Crippen molar-refractivity contribution in [1.29, 1.82) is 0 Å². The molecule has 0 fully saturated rings. The first-order valence-electron chi connectivity index (χ1n) is 3.56. The third-order valence-electron chi connectivity index (χ3n) is 1.56. The summed E-state index contributed by atoms with van der Waals surface area (Å²) < 4.78 is 0.846. The predicted octanol–water partition coefficient (Wildman–Crippen LogP) is 1.89. The molecule has 0 amide bonds. The molecule has 2 rings (SSSR count). The zero-order valence-corrected chi connectivity index (χ0v) is 7.78. The Bertz CT molecular complexity index is 299. The van der Waals surface area contributed by atoms with E-state index in [0.717, 1.165) is 10.3 Å². The van der Waals surface area contributed by atoms with Gasteiger partial charge in [0.05, 0.1) is 5.69 Å². The largest absolute Gasteiger partial charge is 0.262 e. The van der Waals surface area contributed by atoms with E-state index in [2.05, 4.69) is 26.4 Å². The number of hydroxylamine groups is 1. The van der Waals surface area contributed by atoms with Crippen molar-refractivity contribution in [2.45, 2.75) is 6.10 Å². The highest BCUT2D eigenvalue weighted by Gasteiger charge is 2.16. The first-order valence-corrected chi connectivity index (χ1v) is 4.35. The molecule has 0 unspecified atom stereocenters. The second-order valence-corrected chi connectivity index (χ2v) is 3.26. The normalized spacial score (nSPS) is 21.8. The number of nitrogens with one attached hydrogen (secondary N) is 1. The van der Waals surface area contributed by atoms with Crippen LogP contribution < -0.4 is 5.48 Å². The maximum atomic E-state index is 5.20. The Hall–Kier alpha value is -0.870. The molecule has 0 spiro atoms. The van der Waals surface area contributed by atoms with Crippen molar-refractivity contribution in [3.63, 3.8) is 0 Å². The quantitative estimate of drug-likeness (QED) is 0.744. The third kappa shape index (κ3) is 1.49. The Labute approximate surface area is 78.5 Å². The van der Waals surface area contributed by atoms with Crippen LogP contribution in [0.1, 0.15) is 11.8 Å². The summed E-state index contributed by atoms with van der Waals surface area (Å²) >= 11 is 3.27. The van der Waals surface area contributed by atoms with Crippen molar-refractivity contribution in [2.75, 3.05) is 0 Å². The van der Waals surface area contributed by atoms with Gasteiger partial charge in [0.25, 0.3) is 0 Å². The second-order valence-electron chi connectivity index (χ2n) is 2.41. The highest BCUT2D eigenvalue weighted by atomic mass is 79.9. The van der Waals surface area contributed by atoms with E-state index in [9.17, 15) is 0 Å². The first kappa shape index (κ1) is 7.76. The van der Waals surface area contributed by atoms with Gasteiger partial charge < -0.3 is 0 Å². The number of hydrogen-bond acceptors (Lipinski definition) is 3. The van der Waals surface area contributed by atoms with Gasteiger partial charge in [-0.2, -0.15) is 0 Å². The number of pyridine rings is 1. The van der Waals surface area contributed by atoms with Gasteiger partial charge in [0.1, 0.15) is 10.7 Å². The van der Waals surface area contributed by atoms with Crippen molar-refractivity contribution in [3.05, 3.63) is 40.8 Å². The monoisotopic (exact) mass is 226 g/mol. The van der Waals surface area contributed by atoms with Crippen LogP contribution in [0.25, 0.3) is 0 Å². The van der Waals surface area contributed by atoms with Gasteiger partial charge in [0.15, 0.2) is 0 Å². The summed E-state index contributed by atoms with van der Waals surface area (Å²) in [6.07, 6.45) is 3.58. The van der Waals surface area contributed by atoms with Crippen molar-refractivity contribution >= 4 is 15.9 Å². The molecule has 62 valence electrons. The van der Waals surface area contributed by atoms with E-state index >= 15 is 0 Å². The summed E-state index contributed by atoms with van der Waals surface area (Å²) in [7, 11) is 0. The van der Waals surface area contributed by atoms with E-state index in [-0.39, 0.29) is 6.10 Å². The van der Waals surface area contributed by atoms with E-state index < -0.39 is 0 Å². The molecule has 0 aromatic carbocycles. The van der Waals surface area contributed by atoms with E-state index in [1.54, 1.807) is 6.20 Å². The van der Waals surface area contributed by atoms with Crippen molar-refractivity contribution in [1.82, 2.24) is 10.5 Å². The SMILES string of the molecule is BrC1=C[C@@H](c2ccccn2)ON1. The van der Waals surface area contributed by atoms with Crippen LogP contribution in [0, 0.1) is 0 Å². The minimum absolute atomic E-state index is 0.0828. The minimum Gasteiger partial charge on any atom is -0.262 e. The van der Waals surface area contributed by atoms with Crippen LogP contribution in [0.3, 0.4) is 0 Å². The van der Waals surface area contributed by atoms with Crippen LogP contribution in [-0.4, -0.2) is 4.98 Å². The van der Waals surface area contributed by atoms with Gasteiger partial charge in [-0.15, -0.1) is 0 Å². The number of nitrogens with zero attached hydrogens (tertiary/aromatic N) is 1. The summed E-state index contributed by atoms with van der Waals surface area (Å²) in [6, 6.07) is 5.74. The molecular weight excluding hydrogens is 220 g/mol. The lowest BCUT2D eigenvalue weighted by Crippen LogP contribution is -2.06. The van der Waals surface area contributed by atoms with Crippen LogP contribution in [-0.2, 0) is 4.84 Å². The lowest BCUT2D eigenvalue weighted by atomic mass is 10.2. The second kappa shape index (κ2) is 3.25. The fourth-order valence-corrected chi connectivity index (χ4v) is 1.34. The Kier molecular flexibility index (Phi) is 2.10.